The van der Waals surface area contributed by atoms with Crippen LogP contribution in [-0.2, 0) is 11.4 Å². The number of nitrogens with zero attached hydrogens (tertiary/aromatic N) is 2. The number of rotatable bonds is 7. The van der Waals surface area contributed by atoms with Gasteiger partial charge in [0.2, 0.25) is 0 Å². The molecule has 0 saturated carbocycles. The molecule has 1 aliphatic rings. The van der Waals surface area contributed by atoms with Crippen molar-refractivity contribution < 1.29 is 24.3 Å². The number of hydrogen-bond acceptors (Lipinski definition) is 8. The standard InChI is InChI=1S/C18H14BN2O5S2/c22-18(23)14-9-27-16(21-14)17-20-13-6-5-12(7-15(13)28-17)25-8-10-1-3-11(4-2-10)26-19-24/h1-7,14,24H,8-9H2,(H,22,23). The minimum absolute atomic E-state index is 0.392. The van der Waals surface area contributed by atoms with Crippen LogP contribution < -0.4 is 9.39 Å². The van der Waals surface area contributed by atoms with Crippen molar-refractivity contribution in [1.82, 2.24) is 4.98 Å². The summed E-state index contributed by atoms with van der Waals surface area (Å²) >= 11 is 2.89. The van der Waals surface area contributed by atoms with Gasteiger partial charge in [-0.1, -0.05) is 12.1 Å². The molecule has 0 amide bonds. The molecule has 28 heavy (non-hydrogen) atoms. The fraction of sp³-hybridized carbons (Fsp3) is 0.167. The van der Waals surface area contributed by atoms with Crippen LogP contribution in [0.1, 0.15) is 10.6 Å². The van der Waals surface area contributed by atoms with E-state index in [0.717, 1.165) is 26.5 Å². The topological polar surface area (TPSA) is 101 Å². The second kappa shape index (κ2) is 8.21. The van der Waals surface area contributed by atoms with Crippen LogP contribution in [0, 0.1) is 0 Å². The molecule has 7 nitrogen and oxygen atoms in total. The highest BCUT2D eigenvalue weighted by atomic mass is 32.2. The summed E-state index contributed by atoms with van der Waals surface area (Å²) in [4.78, 5) is 19.9. The molecule has 1 atom stereocenters. The predicted molar refractivity (Wildman–Crippen MR) is 109 cm³/mol. The number of fused-ring (bicyclic) bond motifs is 1. The van der Waals surface area contributed by atoms with Gasteiger partial charge in [-0.25, -0.2) is 9.78 Å². The van der Waals surface area contributed by atoms with E-state index >= 15 is 0 Å². The highest BCUT2D eigenvalue weighted by molar-refractivity contribution is 8.15. The molecule has 141 valence electrons. The van der Waals surface area contributed by atoms with Gasteiger partial charge in [0, 0.05) is 5.75 Å². The number of aliphatic imine (C=N–C) groups is 1. The lowest BCUT2D eigenvalue weighted by Gasteiger charge is -2.07. The van der Waals surface area contributed by atoms with E-state index in [2.05, 4.69) is 9.98 Å². The van der Waals surface area contributed by atoms with Gasteiger partial charge < -0.3 is 19.5 Å². The van der Waals surface area contributed by atoms with E-state index in [1.165, 1.54) is 23.1 Å². The lowest BCUT2D eigenvalue weighted by atomic mass is 10.2. The summed E-state index contributed by atoms with van der Waals surface area (Å²) in [6.07, 6.45) is 0. The van der Waals surface area contributed by atoms with Gasteiger partial charge in [-0.3, -0.25) is 4.99 Å². The lowest BCUT2D eigenvalue weighted by molar-refractivity contribution is -0.137. The summed E-state index contributed by atoms with van der Waals surface area (Å²) in [6, 6.07) is 12.2. The normalized spacial score (nSPS) is 16.0. The van der Waals surface area contributed by atoms with E-state index in [-0.39, 0.29) is 0 Å². The van der Waals surface area contributed by atoms with Gasteiger partial charge in [-0.15, -0.1) is 23.1 Å². The Morgan fingerprint density at radius 2 is 2.00 bits per heavy atom. The SMILES string of the molecule is O=C(O)C1CSC(c2nc3ccc(OCc4ccc(O[B]O)cc4)cc3s2)=N1. The van der Waals surface area contributed by atoms with Crippen molar-refractivity contribution in [2.75, 3.05) is 5.75 Å². The third-order valence-electron chi connectivity index (χ3n) is 4.00. The van der Waals surface area contributed by atoms with Crippen molar-refractivity contribution in [1.29, 1.82) is 0 Å². The van der Waals surface area contributed by atoms with Gasteiger partial charge in [0.15, 0.2) is 6.04 Å². The summed E-state index contributed by atoms with van der Waals surface area (Å²) in [6.45, 7) is 0.392. The highest BCUT2D eigenvalue weighted by Crippen LogP contribution is 2.31. The van der Waals surface area contributed by atoms with Crippen LogP contribution in [0.2, 0.25) is 0 Å². The zero-order valence-corrected chi connectivity index (χ0v) is 16.1. The van der Waals surface area contributed by atoms with E-state index in [9.17, 15) is 4.79 Å². The number of carboxylic acid groups (broad SMARTS) is 1. The van der Waals surface area contributed by atoms with Gasteiger partial charge in [-0.2, -0.15) is 0 Å². The number of thiazole rings is 1. The number of benzene rings is 2. The Balaban J connectivity index is 1.46. The smallest absolute Gasteiger partial charge is 0.537 e. The molecule has 1 unspecified atom stereocenters. The second-order valence-corrected chi connectivity index (χ2v) is 7.94. The molecular weight excluding hydrogens is 399 g/mol. The first kappa shape index (κ1) is 18.8. The Bertz CT molecular complexity index is 1040. The second-order valence-electron chi connectivity index (χ2n) is 5.90. The Labute approximate surface area is 169 Å². The molecule has 2 heterocycles. The molecule has 0 saturated heterocycles. The van der Waals surface area contributed by atoms with Crippen LogP contribution in [-0.4, -0.2) is 45.6 Å². The van der Waals surface area contributed by atoms with Crippen LogP contribution in [0.5, 0.6) is 11.5 Å². The van der Waals surface area contributed by atoms with E-state index < -0.39 is 12.0 Å². The number of hydrogen-bond donors (Lipinski definition) is 2. The van der Waals surface area contributed by atoms with Crippen molar-refractivity contribution in [3.05, 3.63) is 53.0 Å². The fourth-order valence-electron chi connectivity index (χ4n) is 2.60. The molecule has 1 radical (unpaired) electrons. The van der Waals surface area contributed by atoms with Gasteiger partial charge in [0.25, 0.3) is 0 Å². The minimum atomic E-state index is -0.909. The Morgan fingerprint density at radius 3 is 2.71 bits per heavy atom. The van der Waals surface area contributed by atoms with Gasteiger partial charge in [0.1, 0.15) is 22.4 Å². The van der Waals surface area contributed by atoms with Crippen LogP contribution in [0.3, 0.4) is 0 Å². The Hall–Kier alpha value is -2.56. The molecular formula is C18H14BN2O5S2. The first-order valence-corrected chi connectivity index (χ1v) is 10.1. The average Bonchev–Trinajstić information content (AvgIpc) is 3.34. The van der Waals surface area contributed by atoms with E-state index in [1.807, 2.05) is 30.3 Å². The zero-order chi connectivity index (χ0) is 19.5. The van der Waals surface area contributed by atoms with Crippen molar-refractivity contribution in [2.24, 2.45) is 4.99 Å². The molecule has 10 heteroatoms. The fourth-order valence-corrected chi connectivity index (χ4v) is 4.69. The van der Waals surface area contributed by atoms with Crippen molar-refractivity contribution in [3.8, 4) is 11.5 Å². The largest absolute Gasteiger partial charge is 0.569 e. The van der Waals surface area contributed by atoms with Crippen LogP contribution in [0.4, 0.5) is 0 Å². The number of carboxylic acids is 1. The quantitative estimate of drug-likeness (QED) is 0.575. The maximum atomic E-state index is 11.1. The molecule has 4 rings (SSSR count). The third-order valence-corrected chi connectivity index (χ3v) is 6.21. The molecule has 3 aromatic rings. The Kier molecular flexibility index (Phi) is 5.51. The summed E-state index contributed by atoms with van der Waals surface area (Å²) in [5, 5.41) is 19.1. The molecule has 0 bridgehead atoms. The molecule has 0 fully saturated rings. The van der Waals surface area contributed by atoms with E-state index in [4.69, 9.17) is 19.5 Å². The molecule has 2 N–H and O–H groups in total. The van der Waals surface area contributed by atoms with Crippen molar-refractivity contribution in [2.45, 2.75) is 12.6 Å². The van der Waals surface area contributed by atoms with Gasteiger partial charge in [0.05, 0.1) is 16.0 Å². The number of aromatic nitrogens is 1. The van der Waals surface area contributed by atoms with Gasteiger partial charge >= 0.3 is 13.7 Å². The van der Waals surface area contributed by atoms with Crippen LogP contribution in [0.25, 0.3) is 10.2 Å². The summed E-state index contributed by atoms with van der Waals surface area (Å²) < 4.78 is 11.7. The molecule has 2 aromatic carbocycles. The highest BCUT2D eigenvalue weighted by Gasteiger charge is 2.26. The monoisotopic (exact) mass is 413 g/mol. The average molecular weight is 413 g/mol. The summed E-state index contributed by atoms with van der Waals surface area (Å²) in [5.74, 6) is 0.794. The first-order valence-electron chi connectivity index (χ1n) is 8.31. The number of carbonyl (C=O) groups is 1. The predicted octanol–water partition coefficient (Wildman–Crippen LogP) is 2.73. The third kappa shape index (κ3) is 4.13. The summed E-state index contributed by atoms with van der Waals surface area (Å²) in [5.41, 5.74) is 1.79. The zero-order valence-electron chi connectivity index (χ0n) is 14.4. The maximum absolute atomic E-state index is 11.1. The van der Waals surface area contributed by atoms with E-state index in [1.54, 1.807) is 12.1 Å². The molecule has 1 aliphatic heterocycles. The number of ether oxygens (including phenoxy) is 1. The van der Waals surface area contributed by atoms with Gasteiger partial charge in [-0.05, 0) is 35.9 Å². The van der Waals surface area contributed by atoms with Crippen molar-refractivity contribution >= 4 is 52.0 Å². The maximum Gasteiger partial charge on any atom is 0.569 e. The number of thioether (sulfide) groups is 1. The number of aliphatic carboxylic acids is 1. The van der Waals surface area contributed by atoms with Crippen LogP contribution in [0.15, 0.2) is 47.5 Å². The Morgan fingerprint density at radius 1 is 1.21 bits per heavy atom. The van der Waals surface area contributed by atoms with Crippen LogP contribution >= 0.6 is 23.1 Å². The van der Waals surface area contributed by atoms with Crippen molar-refractivity contribution in [3.63, 3.8) is 0 Å². The minimum Gasteiger partial charge on any atom is -0.537 e. The molecule has 0 aliphatic carbocycles. The lowest BCUT2D eigenvalue weighted by Crippen LogP contribution is -2.17. The molecule has 0 spiro atoms. The van der Waals surface area contributed by atoms with E-state index in [0.29, 0.717) is 30.8 Å². The summed E-state index contributed by atoms with van der Waals surface area (Å²) in [7, 11) is 0.640. The molecule has 1 aromatic heterocycles. The first-order chi connectivity index (χ1) is 13.6.